The fourth-order valence-electron chi connectivity index (χ4n) is 2.21. The average Bonchev–Trinajstić information content (AvgIpc) is 2.61. The van der Waals surface area contributed by atoms with Gasteiger partial charge in [0.25, 0.3) is 5.91 Å². The Bertz CT molecular complexity index is 629. The molecule has 0 spiro atoms. The topological polar surface area (TPSA) is 111 Å². The summed E-state index contributed by atoms with van der Waals surface area (Å²) >= 11 is 0. The SMILES string of the molecule is CC(=O)CCOCCNc1cc(C(=O)NCCN)cc(C(=O)C(C)C)c1. The molecule has 0 unspecified atom stereocenters. The predicted octanol–water partition coefficient (Wildman–Crippen LogP) is 1.62. The molecule has 0 aliphatic heterocycles. The standard InChI is InChI=1S/C19H29N3O4/c1-13(2)18(24)15-10-16(19(25)22-6-5-20)12-17(11-15)21-7-9-26-8-4-14(3)23/h10-13,21H,4-9,20H2,1-3H3,(H,22,25). The molecular formula is C19H29N3O4. The fourth-order valence-corrected chi connectivity index (χ4v) is 2.21. The number of nitrogens with one attached hydrogen (secondary N) is 2. The van der Waals surface area contributed by atoms with E-state index in [1.54, 1.807) is 18.2 Å². The van der Waals surface area contributed by atoms with Gasteiger partial charge >= 0.3 is 0 Å². The van der Waals surface area contributed by atoms with Gasteiger partial charge in [0, 0.05) is 48.8 Å². The number of Topliss-reactive ketones (excluding diaryl/α,β-unsaturated/α-hetero) is 2. The van der Waals surface area contributed by atoms with Crippen molar-refractivity contribution >= 4 is 23.2 Å². The second kappa shape index (κ2) is 11.4. The molecule has 0 atom stereocenters. The molecule has 0 radical (unpaired) electrons. The van der Waals surface area contributed by atoms with Gasteiger partial charge < -0.3 is 21.1 Å². The number of hydrogen-bond donors (Lipinski definition) is 3. The number of benzene rings is 1. The molecule has 1 aromatic rings. The maximum Gasteiger partial charge on any atom is 0.251 e. The number of rotatable bonds is 12. The zero-order valence-electron chi connectivity index (χ0n) is 15.8. The molecule has 1 rings (SSSR count). The fraction of sp³-hybridized carbons (Fsp3) is 0.526. The summed E-state index contributed by atoms with van der Waals surface area (Å²) in [4.78, 5) is 35.4. The van der Waals surface area contributed by atoms with Crippen molar-refractivity contribution < 1.29 is 19.1 Å². The Morgan fingerprint density at radius 3 is 2.38 bits per heavy atom. The van der Waals surface area contributed by atoms with Gasteiger partial charge in [-0.05, 0) is 25.1 Å². The van der Waals surface area contributed by atoms with Crippen LogP contribution in [0.3, 0.4) is 0 Å². The number of nitrogens with two attached hydrogens (primary N) is 1. The van der Waals surface area contributed by atoms with Crippen LogP contribution in [0, 0.1) is 5.92 Å². The van der Waals surface area contributed by atoms with E-state index in [4.69, 9.17) is 10.5 Å². The van der Waals surface area contributed by atoms with E-state index < -0.39 is 0 Å². The number of anilines is 1. The summed E-state index contributed by atoms with van der Waals surface area (Å²) in [6.45, 7) is 7.18. The third kappa shape index (κ3) is 7.76. The van der Waals surface area contributed by atoms with E-state index in [1.165, 1.54) is 6.92 Å². The molecule has 0 heterocycles. The van der Waals surface area contributed by atoms with Gasteiger partial charge in [-0.2, -0.15) is 0 Å². The monoisotopic (exact) mass is 363 g/mol. The van der Waals surface area contributed by atoms with Crippen molar-refractivity contribution in [3.63, 3.8) is 0 Å². The minimum atomic E-state index is -0.269. The Labute approximate surface area is 154 Å². The molecule has 0 bridgehead atoms. The first-order valence-electron chi connectivity index (χ1n) is 8.83. The second-order valence-electron chi connectivity index (χ2n) is 6.35. The van der Waals surface area contributed by atoms with Gasteiger partial charge in [-0.25, -0.2) is 0 Å². The van der Waals surface area contributed by atoms with Crippen LogP contribution in [0.15, 0.2) is 18.2 Å². The van der Waals surface area contributed by atoms with Crippen LogP contribution in [0.4, 0.5) is 5.69 Å². The molecule has 144 valence electrons. The van der Waals surface area contributed by atoms with Gasteiger partial charge in [-0.3, -0.25) is 14.4 Å². The van der Waals surface area contributed by atoms with Gasteiger partial charge in [0.1, 0.15) is 5.78 Å². The maximum atomic E-state index is 12.3. The Morgan fingerprint density at radius 1 is 1.08 bits per heavy atom. The summed E-state index contributed by atoms with van der Waals surface area (Å²) in [5, 5.41) is 5.86. The maximum absolute atomic E-state index is 12.3. The van der Waals surface area contributed by atoms with Crippen LogP contribution < -0.4 is 16.4 Å². The Hall–Kier alpha value is -2.25. The van der Waals surface area contributed by atoms with Crippen LogP contribution in [-0.4, -0.2) is 50.3 Å². The lowest BCUT2D eigenvalue weighted by molar-refractivity contribution is -0.118. The lowest BCUT2D eigenvalue weighted by atomic mass is 9.98. The zero-order chi connectivity index (χ0) is 19.5. The molecule has 1 amide bonds. The molecular weight excluding hydrogens is 334 g/mol. The minimum Gasteiger partial charge on any atom is -0.383 e. The van der Waals surface area contributed by atoms with Crippen LogP contribution in [0.2, 0.25) is 0 Å². The van der Waals surface area contributed by atoms with E-state index in [9.17, 15) is 14.4 Å². The highest BCUT2D eigenvalue weighted by atomic mass is 16.5. The normalized spacial score (nSPS) is 10.7. The van der Waals surface area contributed by atoms with Gasteiger partial charge in [-0.15, -0.1) is 0 Å². The first-order valence-corrected chi connectivity index (χ1v) is 8.83. The molecule has 0 saturated heterocycles. The Kier molecular flexibility index (Phi) is 9.54. The van der Waals surface area contributed by atoms with Gasteiger partial charge in [0.05, 0.1) is 13.2 Å². The minimum absolute atomic E-state index is 0.0285. The molecule has 1 aromatic carbocycles. The molecule has 26 heavy (non-hydrogen) atoms. The summed E-state index contributed by atoms with van der Waals surface area (Å²) in [7, 11) is 0. The van der Waals surface area contributed by atoms with Crippen LogP contribution in [-0.2, 0) is 9.53 Å². The molecule has 7 heteroatoms. The van der Waals surface area contributed by atoms with E-state index in [2.05, 4.69) is 10.6 Å². The molecule has 0 saturated carbocycles. The Morgan fingerprint density at radius 2 is 1.77 bits per heavy atom. The Balaban J connectivity index is 2.78. The van der Waals surface area contributed by atoms with Gasteiger partial charge in [0.2, 0.25) is 0 Å². The van der Waals surface area contributed by atoms with Gasteiger partial charge in [-0.1, -0.05) is 13.8 Å². The quantitative estimate of drug-likeness (QED) is 0.384. The second-order valence-corrected chi connectivity index (χ2v) is 6.35. The molecule has 0 fully saturated rings. The highest BCUT2D eigenvalue weighted by Gasteiger charge is 2.15. The highest BCUT2D eigenvalue weighted by molar-refractivity contribution is 6.02. The van der Waals surface area contributed by atoms with Crippen molar-refractivity contribution in [2.75, 3.05) is 38.2 Å². The largest absolute Gasteiger partial charge is 0.383 e. The number of ether oxygens (including phenoxy) is 1. The average molecular weight is 363 g/mol. The smallest absolute Gasteiger partial charge is 0.251 e. The summed E-state index contributed by atoms with van der Waals surface area (Å²) in [5.74, 6) is -0.375. The molecule has 4 N–H and O–H groups in total. The van der Waals surface area contributed by atoms with Crippen molar-refractivity contribution in [3.05, 3.63) is 29.3 Å². The summed E-state index contributed by atoms with van der Waals surface area (Å²) in [6.07, 6.45) is 0.393. The highest BCUT2D eigenvalue weighted by Crippen LogP contribution is 2.18. The molecule has 7 nitrogen and oxygen atoms in total. The molecule has 0 aliphatic carbocycles. The van der Waals surface area contributed by atoms with Gasteiger partial charge in [0.15, 0.2) is 5.78 Å². The molecule has 0 aromatic heterocycles. The number of carbonyl (C=O) groups is 3. The number of ketones is 2. The van der Waals surface area contributed by atoms with E-state index in [0.717, 1.165) is 0 Å². The van der Waals surface area contributed by atoms with Crippen molar-refractivity contribution in [2.45, 2.75) is 27.2 Å². The predicted molar refractivity (Wildman–Crippen MR) is 102 cm³/mol. The van der Waals surface area contributed by atoms with Crippen LogP contribution >= 0.6 is 0 Å². The zero-order valence-corrected chi connectivity index (χ0v) is 15.8. The van der Waals surface area contributed by atoms with Crippen molar-refractivity contribution in [1.82, 2.24) is 5.32 Å². The first-order chi connectivity index (χ1) is 12.3. The number of amides is 1. The van der Waals surface area contributed by atoms with E-state index in [1.807, 2.05) is 13.8 Å². The van der Waals surface area contributed by atoms with Crippen molar-refractivity contribution in [3.8, 4) is 0 Å². The number of carbonyl (C=O) groups excluding carboxylic acids is 3. The number of hydrogen-bond acceptors (Lipinski definition) is 6. The first kappa shape index (κ1) is 21.8. The lowest BCUT2D eigenvalue weighted by Gasteiger charge is -2.13. The summed E-state index contributed by atoms with van der Waals surface area (Å²) in [6, 6.07) is 5.03. The van der Waals surface area contributed by atoms with Crippen LogP contribution in [0.1, 0.15) is 47.9 Å². The summed E-state index contributed by atoms with van der Waals surface area (Å²) < 4.78 is 5.37. The van der Waals surface area contributed by atoms with E-state index in [0.29, 0.717) is 56.1 Å². The van der Waals surface area contributed by atoms with Crippen LogP contribution in [0.5, 0.6) is 0 Å². The van der Waals surface area contributed by atoms with Crippen LogP contribution in [0.25, 0.3) is 0 Å². The van der Waals surface area contributed by atoms with Crippen molar-refractivity contribution in [2.24, 2.45) is 11.7 Å². The third-order valence-corrected chi connectivity index (χ3v) is 3.61. The third-order valence-electron chi connectivity index (χ3n) is 3.61. The van der Waals surface area contributed by atoms with E-state index in [-0.39, 0.29) is 23.4 Å². The summed E-state index contributed by atoms with van der Waals surface area (Å²) in [5.41, 5.74) is 6.98. The van der Waals surface area contributed by atoms with E-state index >= 15 is 0 Å². The lowest BCUT2D eigenvalue weighted by Crippen LogP contribution is -2.29. The molecule has 0 aliphatic rings. The van der Waals surface area contributed by atoms with Crippen molar-refractivity contribution in [1.29, 1.82) is 0 Å².